The van der Waals surface area contributed by atoms with Gasteiger partial charge in [-0.25, -0.2) is 13.8 Å². The lowest BCUT2D eigenvalue weighted by molar-refractivity contribution is 0.156. The van der Waals surface area contributed by atoms with Crippen LogP contribution in [0.25, 0.3) is 0 Å². The van der Waals surface area contributed by atoms with Gasteiger partial charge in [-0.3, -0.25) is 4.79 Å². The smallest absolute Gasteiger partial charge is 0.255 e. The number of aromatic nitrogens is 2. The molecule has 0 radical (unpaired) electrons. The molecule has 0 aliphatic rings. The first-order valence-electron chi connectivity index (χ1n) is 3.63. The van der Waals surface area contributed by atoms with Gasteiger partial charge < -0.3 is 9.88 Å². The van der Waals surface area contributed by atoms with Gasteiger partial charge in [0.2, 0.25) is 0 Å². The van der Waals surface area contributed by atoms with E-state index in [1.807, 2.05) is 0 Å². The molecule has 0 amide bonds. The average Bonchev–Trinajstić information content (AvgIpc) is 2.03. The highest BCUT2D eigenvalue weighted by atomic mass is 19.3. The van der Waals surface area contributed by atoms with Gasteiger partial charge in [-0.1, -0.05) is 0 Å². The first kappa shape index (κ1) is 9.63. The maximum atomic E-state index is 11.9. The molecule has 0 aliphatic carbocycles. The van der Waals surface area contributed by atoms with Crippen LogP contribution in [-0.2, 0) is 0 Å². The van der Waals surface area contributed by atoms with Crippen molar-refractivity contribution in [1.29, 1.82) is 0 Å². The van der Waals surface area contributed by atoms with Crippen LogP contribution in [-0.4, -0.2) is 30.0 Å². The predicted octanol–water partition coefficient (Wildman–Crippen LogP) is 0.471. The van der Waals surface area contributed by atoms with Crippen molar-refractivity contribution < 1.29 is 8.78 Å². The lowest BCUT2D eigenvalue weighted by Gasteiger charge is -2.16. The zero-order chi connectivity index (χ0) is 9.84. The number of hydrogen-bond acceptors (Lipinski definition) is 3. The molecule has 13 heavy (non-hydrogen) atoms. The topological polar surface area (TPSA) is 49.0 Å². The SMILES string of the molecule is CN(CC(F)F)c1cc(=O)[nH]cn1. The molecule has 72 valence electrons. The largest absolute Gasteiger partial charge is 0.354 e. The molecule has 0 fully saturated rings. The van der Waals surface area contributed by atoms with E-state index in [1.54, 1.807) is 0 Å². The number of H-pyrrole nitrogens is 1. The van der Waals surface area contributed by atoms with Crippen LogP contribution in [0.2, 0.25) is 0 Å². The Bertz CT molecular complexity index is 326. The predicted molar refractivity (Wildman–Crippen MR) is 44.1 cm³/mol. The highest BCUT2D eigenvalue weighted by molar-refractivity contribution is 5.34. The van der Waals surface area contributed by atoms with Crippen molar-refractivity contribution in [2.75, 3.05) is 18.5 Å². The van der Waals surface area contributed by atoms with Gasteiger partial charge in [0.05, 0.1) is 12.9 Å². The Kier molecular flexibility index (Phi) is 2.94. The van der Waals surface area contributed by atoms with E-state index >= 15 is 0 Å². The second-order valence-corrected chi connectivity index (χ2v) is 2.54. The highest BCUT2D eigenvalue weighted by Crippen LogP contribution is 2.05. The van der Waals surface area contributed by atoms with Gasteiger partial charge in [0.15, 0.2) is 0 Å². The van der Waals surface area contributed by atoms with Crippen LogP contribution >= 0.6 is 0 Å². The van der Waals surface area contributed by atoms with Gasteiger partial charge in [-0.2, -0.15) is 0 Å². The van der Waals surface area contributed by atoms with E-state index in [0.29, 0.717) is 0 Å². The molecule has 4 nitrogen and oxygen atoms in total. The third kappa shape index (κ3) is 2.81. The summed E-state index contributed by atoms with van der Waals surface area (Å²) < 4.78 is 23.8. The van der Waals surface area contributed by atoms with Crippen molar-refractivity contribution in [3.8, 4) is 0 Å². The van der Waals surface area contributed by atoms with Crippen LogP contribution in [0.1, 0.15) is 0 Å². The fourth-order valence-corrected chi connectivity index (χ4v) is 0.868. The Labute approximate surface area is 73.2 Å². The van der Waals surface area contributed by atoms with Crippen molar-refractivity contribution in [1.82, 2.24) is 9.97 Å². The molecular formula is C7H9F2N3O. The Balaban J connectivity index is 2.77. The molecule has 1 heterocycles. The van der Waals surface area contributed by atoms with Crippen LogP contribution in [0, 0.1) is 0 Å². The van der Waals surface area contributed by atoms with E-state index in [2.05, 4.69) is 9.97 Å². The summed E-state index contributed by atoms with van der Waals surface area (Å²) in [4.78, 5) is 18.0. The van der Waals surface area contributed by atoms with Crippen LogP contribution in [0.4, 0.5) is 14.6 Å². The standard InChI is InChI=1S/C7H9F2N3O/c1-12(3-5(8)9)6-2-7(13)11-4-10-6/h2,4-5H,3H2,1H3,(H,10,11,13). The van der Waals surface area contributed by atoms with Crippen LogP contribution < -0.4 is 10.5 Å². The number of nitrogens with one attached hydrogen (secondary N) is 1. The van der Waals surface area contributed by atoms with Gasteiger partial charge in [0.25, 0.3) is 12.0 Å². The fourth-order valence-electron chi connectivity index (χ4n) is 0.868. The average molecular weight is 189 g/mol. The van der Waals surface area contributed by atoms with Crippen LogP contribution in [0.3, 0.4) is 0 Å². The molecule has 0 unspecified atom stereocenters. The van der Waals surface area contributed by atoms with Crippen LogP contribution in [0.15, 0.2) is 17.2 Å². The normalized spacial score (nSPS) is 10.5. The zero-order valence-electron chi connectivity index (χ0n) is 7.00. The first-order chi connectivity index (χ1) is 6.09. The van der Waals surface area contributed by atoms with Crippen molar-refractivity contribution in [3.05, 3.63) is 22.7 Å². The molecule has 0 aromatic carbocycles. The molecule has 0 saturated carbocycles. The molecule has 0 bridgehead atoms. The second kappa shape index (κ2) is 3.97. The maximum absolute atomic E-state index is 11.9. The Morgan fingerprint density at radius 2 is 2.38 bits per heavy atom. The van der Waals surface area contributed by atoms with Gasteiger partial charge in [-0.05, 0) is 0 Å². The van der Waals surface area contributed by atoms with Crippen molar-refractivity contribution in [3.63, 3.8) is 0 Å². The molecule has 1 aromatic rings. The van der Waals surface area contributed by atoms with E-state index in [4.69, 9.17) is 0 Å². The molecule has 0 saturated heterocycles. The Morgan fingerprint density at radius 3 is 2.92 bits per heavy atom. The molecule has 6 heteroatoms. The monoisotopic (exact) mass is 189 g/mol. The van der Waals surface area contributed by atoms with E-state index in [1.165, 1.54) is 24.3 Å². The Hall–Kier alpha value is -1.46. The number of aromatic amines is 1. The summed E-state index contributed by atoms with van der Waals surface area (Å²) in [5, 5.41) is 0. The molecule has 1 aromatic heterocycles. The summed E-state index contributed by atoms with van der Waals surface area (Å²) >= 11 is 0. The minimum atomic E-state index is -2.44. The summed E-state index contributed by atoms with van der Waals surface area (Å²) in [5.74, 6) is 0.240. The summed E-state index contributed by atoms with van der Waals surface area (Å²) in [6.07, 6.45) is -1.26. The molecular weight excluding hydrogens is 180 g/mol. The van der Waals surface area contributed by atoms with E-state index in [9.17, 15) is 13.6 Å². The van der Waals surface area contributed by atoms with Crippen molar-refractivity contribution in [2.24, 2.45) is 0 Å². The third-order valence-corrected chi connectivity index (χ3v) is 1.47. The maximum Gasteiger partial charge on any atom is 0.255 e. The van der Waals surface area contributed by atoms with Crippen LogP contribution in [0.5, 0.6) is 0 Å². The first-order valence-corrected chi connectivity index (χ1v) is 3.63. The summed E-state index contributed by atoms with van der Waals surface area (Å²) in [6, 6.07) is 1.17. The molecule has 1 N–H and O–H groups in total. The number of rotatable bonds is 3. The highest BCUT2D eigenvalue weighted by Gasteiger charge is 2.09. The molecule has 0 aliphatic heterocycles. The number of alkyl halides is 2. The van der Waals surface area contributed by atoms with Gasteiger partial charge in [0, 0.05) is 13.1 Å². The summed E-state index contributed by atoms with van der Waals surface area (Å²) in [7, 11) is 1.45. The number of anilines is 1. The molecule has 0 atom stereocenters. The van der Waals surface area contributed by atoms with Gasteiger partial charge >= 0.3 is 0 Å². The van der Waals surface area contributed by atoms with Crippen molar-refractivity contribution in [2.45, 2.75) is 6.43 Å². The lowest BCUT2D eigenvalue weighted by Crippen LogP contribution is -2.26. The molecule has 0 spiro atoms. The summed E-state index contributed by atoms with van der Waals surface area (Å²) in [6.45, 7) is -0.434. The van der Waals surface area contributed by atoms with E-state index < -0.39 is 13.0 Å². The summed E-state index contributed by atoms with van der Waals surface area (Å²) in [5.41, 5.74) is -0.355. The third-order valence-electron chi connectivity index (χ3n) is 1.47. The number of hydrogen-bond donors (Lipinski definition) is 1. The number of nitrogens with zero attached hydrogens (tertiary/aromatic N) is 2. The quantitative estimate of drug-likeness (QED) is 0.752. The number of halogens is 2. The van der Waals surface area contributed by atoms with Gasteiger partial charge in [0.1, 0.15) is 5.82 Å². The fraction of sp³-hybridized carbons (Fsp3) is 0.429. The Morgan fingerprint density at radius 1 is 1.69 bits per heavy atom. The van der Waals surface area contributed by atoms with E-state index in [-0.39, 0.29) is 11.4 Å². The van der Waals surface area contributed by atoms with E-state index in [0.717, 1.165) is 0 Å². The minimum absolute atomic E-state index is 0.240. The lowest BCUT2D eigenvalue weighted by atomic mass is 10.5. The zero-order valence-corrected chi connectivity index (χ0v) is 7.00. The molecule has 1 rings (SSSR count). The van der Waals surface area contributed by atoms with Gasteiger partial charge in [-0.15, -0.1) is 0 Å². The second-order valence-electron chi connectivity index (χ2n) is 2.54. The minimum Gasteiger partial charge on any atom is -0.354 e. The van der Waals surface area contributed by atoms with Crippen molar-refractivity contribution >= 4 is 5.82 Å².